The van der Waals surface area contributed by atoms with E-state index in [1.54, 1.807) is 0 Å². The number of carboxylic acids is 2. The molecule has 0 atom stereocenters. The van der Waals surface area contributed by atoms with Crippen LogP contribution in [-0.2, 0) is 38.2 Å². The Morgan fingerprint density at radius 3 is 1.00 bits per heavy atom. The van der Waals surface area contributed by atoms with Crippen LogP contribution in [0.3, 0.4) is 0 Å². The summed E-state index contributed by atoms with van der Waals surface area (Å²) in [4.78, 5) is 62.8. The van der Waals surface area contributed by atoms with Crippen molar-refractivity contribution in [1.29, 1.82) is 0 Å². The second kappa shape index (κ2) is 14.5. The molecule has 0 aliphatic carbocycles. The average Bonchev–Trinajstić information content (AvgIpc) is 2.13. The van der Waals surface area contributed by atoms with Crippen molar-refractivity contribution in [1.82, 2.24) is 24.6 Å². The summed E-state index contributed by atoms with van der Waals surface area (Å²) in [6.45, 7) is 0. The van der Waals surface area contributed by atoms with Crippen LogP contribution < -0.4 is 24.6 Å². The molecule has 0 aliphatic rings. The second-order valence-electron chi connectivity index (χ2n) is 2.66. The van der Waals surface area contributed by atoms with Gasteiger partial charge in [0.2, 0.25) is 0 Å². The van der Waals surface area contributed by atoms with Gasteiger partial charge in [0.15, 0.2) is 0 Å². The third-order valence-electron chi connectivity index (χ3n) is 1.17. The maximum Gasteiger partial charge on any atom is 0.425 e. The van der Waals surface area contributed by atoms with Crippen molar-refractivity contribution in [3.05, 3.63) is 0 Å². The normalized spacial score (nSPS) is 7.45. The largest absolute Gasteiger partial charge is 0.481 e. The second-order valence-corrected chi connectivity index (χ2v) is 2.66. The fourth-order valence-electron chi connectivity index (χ4n) is 0.609. The van der Waals surface area contributed by atoms with Crippen LogP contribution in [0.1, 0.15) is 12.8 Å². The zero-order chi connectivity index (χ0) is 14.3. The number of carboxylic acid groups (broad SMARTS) is 2. The van der Waals surface area contributed by atoms with Gasteiger partial charge in [0.1, 0.15) is 12.8 Å². The summed E-state index contributed by atoms with van der Waals surface area (Å²) in [5, 5.41) is 16.3. The van der Waals surface area contributed by atoms with E-state index in [2.05, 4.69) is 9.47 Å². The van der Waals surface area contributed by atoms with Gasteiger partial charge in [0, 0.05) is 0 Å². The number of carbonyl (C=O) groups is 6. The zero-order valence-electron chi connectivity index (χ0n) is 11.4. The summed E-state index contributed by atoms with van der Waals surface area (Å²) in [6.07, 6.45) is -2.33. The summed E-state index contributed by atoms with van der Waals surface area (Å²) >= 11 is 0. The van der Waals surface area contributed by atoms with Gasteiger partial charge in [-0.15, -0.1) is 0 Å². The van der Waals surface area contributed by atoms with E-state index in [4.69, 9.17) is 10.2 Å². The van der Waals surface area contributed by atoms with Crippen molar-refractivity contribution in [2.75, 3.05) is 0 Å². The fraction of sp³-hybridized carbons (Fsp3) is 0.250. The molecular weight excluding hydrogens is 312 g/mol. The highest BCUT2D eigenvalue weighted by atomic mass is 16.6. The maximum atomic E-state index is 10.7. The van der Waals surface area contributed by atoms with Gasteiger partial charge in [-0.05, 0) is 0 Å². The summed E-state index contributed by atoms with van der Waals surface area (Å²) in [5.41, 5.74) is 0. The van der Waals surface area contributed by atoms with E-state index in [0.717, 1.165) is 0 Å². The standard InChI is InChI=1S/C8H6O10.4H3N/c9-3(10)1-5(13)17-7(15)8(16)18-6(14)2-4(11)12;;;;/h1-2H2,(H,9,10)(H,11,12);4*1H3. The minimum absolute atomic E-state index is 0. The molecule has 14 heteroatoms. The molecule has 0 rings (SSSR count). The number of hydrogen-bond donors (Lipinski definition) is 6. The molecule has 0 amide bonds. The summed E-state index contributed by atoms with van der Waals surface area (Å²) in [7, 11) is 0. The molecule has 0 saturated carbocycles. The Morgan fingerprint density at radius 2 is 0.818 bits per heavy atom. The van der Waals surface area contributed by atoms with Crippen LogP contribution >= 0.6 is 0 Å². The quantitative estimate of drug-likeness (QED) is 0.198. The molecule has 0 aromatic heterocycles. The Hall–Kier alpha value is -2.94. The van der Waals surface area contributed by atoms with Crippen molar-refractivity contribution in [3.8, 4) is 0 Å². The van der Waals surface area contributed by atoms with E-state index in [9.17, 15) is 28.8 Å². The lowest BCUT2D eigenvalue weighted by atomic mass is 10.4. The number of hydrogen-bond acceptors (Lipinski definition) is 12. The van der Waals surface area contributed by atoms with E-state index < -0.39 is 48.7 Å². The first-order chi connectivity index (χ1) is 8.22. The van der Waals surface area contributed by atoms with Gasteiger partial charge < -0.3 is 44.3 Å². The Balaban J connectivity index is -0.000000241. The molecule has 130 valence electrons. The third-order valence-corrected chi connectivity index (χ3v) is 1.17. The van der Waals surface area contributed by atoms with Crippen LogP contribution in [0.25, 0.3) is 0 Å². The summed E-state index contributed by atoms with van der Waals surface area (Å²) in [5.74, 6) is -10.1. The number of aliphatic carboxylic acids is 2. The van der Waals surface area contributed by atoms with Crippen molar-refractivity contribution >= 4 is 35.8 Å². The van der Waals surface area contributed by atoms with E-state index in [1.807, 2.05) is 0 Å². The van der Waals surface area contributed by atoms with Crippen LogP contribution in [-0.4, -0.2) is 46.0 Å². The lowest BCUT2D eigenvalue weighted by molar-refractivity contribution is -0.178. The Bertz CT molecular complexity index is 395. The highest BCUT2D eigenvalue weighted by Gasteiger charge is 2.25. The molecule has 0 saturated heterocycles. The predicted molar refractivity (Wildman–Crippen MR) is 66.8 cm³/mol. The van der Waals surface area contributed by atoms with Gasteiger partial charge in [-0.3, -0.25) is 19.2 Å². The SMILES string of the molecule is N.N.N.N.O=C(O)CC(=O)OC(=O)C(=O)OC(=O)CC(=O)O. The number of esters is 4. The van der Waals surface area contributed by atoms with Crippen molar-refractivity contribution in [2.45, 2.75) is 12.8 Å². The maximum absolute atomic E-state index is 10.7. The smallest absolute Gasteiger partial charge is 0.425 e. The molecule has 0 heterocycles. The molecule has 14 nitrogen and oxygen atoms in total. The molecule has 0 radical (unpaired) electrons. The van der Waals surface area contributed by atoms with Crippen LogP contribution in [0, 0.1) is 0 Å². The molecular formula is C8H18N4O10. The first-order valence-corrected chi connectivity index (χ1v) is 4.15. The number of carbonyl (C=O) groups excluding carboxylic acids is 4. The monoisotopic (exact) mass is 330 g/mol. The van der Waals surface area contributed by atoms with Crippen molar-refractivity contribution < 1.29 is 48.5 Å². The Morgan fingerprint density at radius 1 is 0.591 bits per heavy atom. The van der Waals surface area contributed by atoms with Crippen LogP contribution in [0.15, 0.2) is 0 Å². The minimum atomic E-state index is -1.92. The lowest BCUT2D eigenvalue weighted by Gasteiger charge is -2.00. The molecule has 0 spiro atoms. The van der Waals surface area contributed by atoms with Gasteiger partial charge in [0.05, 0.1) is 0 Å². The zero-order valence-corrected chi connectivity index (χ0v) is 11.4. The van der Waals surface area contributed by atoms with Crippen LogP contribution in [0.5, 0.6) is 0 Å². The van der Waals surface area contributed by atoms with E-state index >= 15 is 0 Å². The van der Waals surface area contributed by atoms with E-state index in [1.165, 1.54) is 0 Å². The van der Waals surface area contributed by atoms with E-state index in [-0.39, 0.29) is 24.6 Å². The third kappa shape index (κ3) is 15.1. The average molecular weight is 330 g/mol. The first kappa shape index (κ1) is 31.4. The highest BCUT2D eigenvalue weighted by molar-refractivity contribution is 6.33. The Labute approximate surface area is 123 Å². The van der Waals surface area contributed by atoms with Gasteiger partial charge >= 0.3 is 35.8 Å². The first-order valence-electron chi connectivity index (χ1n) is 4.15. The molecule has 0 aromatic carbocycles. The van der Waals surface area contributed by atoms with Crippen molar-refractivity contribution in [3.63, 3.8) is 0 Å². The molecule has 0 aliphatic heterocycles. The van der Waals surface area contributed by atoms with Crippen LogP contribution in [0.2, 0.25) is 0 Å². The molecule has 0 unspecified atom stereocenters. The molecule has 0 aromatic rings. The summed E-state index contributed by atoms with van der Waals surface area (Å²) in [6, 6.07) is 0. The van der Waals surface area contributed by atoms with Gasteiger partial charge in [-0.2, -0.15) is 0 Å². The fourth-order valence-corrected chi connectivity index (χ4v) is 0.609. The summed E-state index contributed by atoms with van der Waals surface area (Å²) < 4.78 is 7.39. The van der Waals surface area contributed by atoms with E-state index in [0.29, 0.717) is 0 Å². The molecule has 22 heavy (non-hydrogen) atoms. The number of ether oxygens (including phenoxy) is 2. The van der Waals surface area contributed by atoms with Gasteiger partial charge in [-0.25, -0.2) is 9.59 Å². The lowest BCUT2D eigenvalue weighted by Crippen LogP contribution is -2.27. The van der Waals surface area contributed by atoms with Gasteiger partial charge in [0.25, 0.3) is 0 Å². The van der Waals surface area contributed by atoms with Crippen LogP contribution in [0.4, 0.5) is 0 Å². The highest BCUT2D eigenvalue weighted by Crippen LogP contribution is 1.93. The molecule has 0 fully saturated rings. The predicted octanol–water partition coefficient (Wildman–Crippen LogP) is -1.28. The minimum Gasteiger partial charge on any atom is -0.481 e. The number of rotatable bonds is 4. The molecule has 14 N–H and O–H groups in total. The molecule has 0 bridgehead atoms. The van der Waals surface area contributed by atoms with Gasteiger partial charge in [-0.1, -0.05) is 0 Å². The topological polar surface area (TPSA) is 301 Å². The Kier molecular flexibility index (Phi) is 20.7. The van der Waals surface area contributed by atoms with Crippen molar-refractivity contribution in [2.24, 2.45) is 0 Å².